The number of nitrogens with zero attached hydrogens (tertiary/aromatic N) is 2. The monoisotopic (exact) mass is 310 g/mol. The van der Waals surface area contributed by atoms with Crippen LogP contribution in [-0.4, -0.2) is 34.7 Å². The maximum absolute atomic E-state index is 12.4. The third-order valence-corrected chi connectivity index (χ3v) is 4.60. The van der Waals surface area contributed by atoms with E-state index < -0.39 is 27.7 Å². The zero-order valence-corrected chi connectivity index (χ0v) is 12.2. The van der Waals surface area contributed by atoms with Gasteiger partial charge in [0, 0.05) is 18.4 Å². The summed E-state index contributed by atoms with van der Waals surface area (Å²) in [5, 5.41) is 14.9. The van der Waals surface area contributed by atoms with Crippen molar-refractivity contribution in [3.63, 3.8) is 0 Å². The van der Waals surface area contributed by atoms with E-state index in [0.717, 1.165) is 0 Å². The Kier molecular flexibility index (Phi) is 4.05. The van der Waals surface area contributed by atoms with Gasteiger partial charge in [0.2, 0.25) is 10.0 Å². The van der Waals surface area contributed by atoms with Gasteiger partial charge in [0.05, 0.1) is 5.69 Å². The van der Waals surface area contributed by atoms with E-state index in [2.05, 4.69) is 19.9 Å². The summed E-state index contributed by atoms with van der Waals surface area (Å²) in [7, 11) is -4.02. The third kappa shape index (κ3) is 3.09. The van der Waals surface area contributed by atoms with Gasteiger partial charge in [-0.1, -0.05) is 0 Å². The van der Waals surface area contributed by atoms with Gasteiger partial charge in [-0.05, 0) is 31.5 Å². The molecule has 8 nitrogen and oxygen atoms in total. The summed E-state index contributed by atoms with van der Waals surface area (Å²) in [6, 6.07) is 2.81. The minimum absolute atomic E-state index is 0.168. The highest BCUT2D eigenvalue weighted by Gasteiger charge is 2.29. The lowest BCUT2D eigenvalue weighted by molar-refractivity contribution is 0.0686. The Morgan fingerprint density at radius 3 is 2.57 bits per heavy atom. The highest BCUT2D eigenvalue weighted by atomic mass is 32.2. The van der Waals surface area contributed by atoms with E-state index in [-0.39, 0.29) is 10.6 Å². The van der Waals surface area contributed by atoms with E-state index >= 15 is 0 Å². The maximum Gasteiger partial charge on any atom is 0.357 e. The van der Waals surface area contributed by atoms with E-state index in [0.29, 0.717) is 5.56 Å². The van der Waals surface area contributed by atoms with Gasteiger partial charge in [0.1, 0.15) is 4.90 Å². The second-order valence-electron chi connectivity index (χ2n) is 4.46. The molecule has 2 heterocycles. The fourth-order valence-electron chi connectivity index (χ4n) is 1.90. The molecule has 112 valence electrons. The van der Waals surface area contributed by atoms with Crippen molar-refractivity contribution in [2.45, 2.75) is 24.8 Å². The molecule has 9 heteroatoms. The fraction of sp³-hybridized carbons (Fsp3) is 0.250. The first kappa shape index (κ1) is 15.1. The number of aromatic carboxylic acids is 1. The number of hydrogen-bond donors (Lipinski definition) is 3. The van der Waals surface area contributed by atoms with Crippen LogP contribution in [0.15, 0.2) is 29.4 Å². The molecule has 0 saturated heterocycles. The summed E-state index contributed by atoms with van der Waals surface area (Å²) in [5.41, 5.74) is 0.357. The van der Waals surface area contributed by atoms with Crippen molar-refractivity contribution in [3.8, 4) is 0 Å². The molecule has 0 aromatic carbocycles. The lowest BCUT2D eigenvalue weighted by Gasteiger charge is -2.14. The summed E-state index contributed by atoms with van der Waals surface area (Å²) >= 11 is 0. The van der Waals surface area contributed by atoms with E-state index in [4.69, 9.17) is 5.11 Å². The predicted molar refractivity (Wildman–Crippen MR) is 73.3 cm³/mol. The zero-order valence-electron chi connectivity index (χ0n) is 11.4. The van der Waals surface area contributed by atoms with Crippen LogP contribution < -0.4 is 4.72 Å². The second kappa shape index (κ2) is 5.62. The first-order valence-corrected chi connectivity index (χ1v) is 7.51. The van der Waals surface area contributed by atoms with Gasteiger partial charge in [0.15, 0.2) is 5.69 Å². The molecule has 2 aromatic rings. The van der Waals surface area contributed by atoms with Crippen molar-refractivity contribution in [2.75, 3.05) is 0 Å². The molecular formula is C12H14N4O4S. The molecule has 0 aliphatic rings. The molecule has 1 unspecified atom stereocenters. The van der Waals surface area contributed by atoms with Crippen LogP contribution in [0.5, 0.6) is 0 Å². The van der Waals surface area contributed by atoms with Gasteiger partial charge in [-0.15, -0.1) is 0 Å². The van der Waals surface area contributed by atoms with E-state index in [1.807, 2.05) is 0 Å². The molecule has 2 rings (SSSR count). The van der Waals surface area contributed by atoms with Crippen LogP contribution >= 0.6 is 0 Å². The van der Waals surface area contributed by atoms with Gasteiger partial charge in [0.25, 0.3) is 0 Å². The Morgan fingerprint density at radius 2 is 2.00 bits per heavy atom. The number of aromatic nitrogens is 3. The van der Waals surface area contributed by atoms with Gasteiger partial charge >= 0.3 is 5.97 Å². The number of carboxylic acid groups (broad SMARTS) is 1. The largest absolute Gasteiger partial charge is 0.476 e. The van der Waals surface area contributed by atoms with Crippen LogP contribution in [0, 0.1) is 6.92 Å². The Hall–Kier alpha value is -2.26. The number of carboxylic acids is 1. The van der Waals surface area contributed by atoms with Crippen molar-refractivity contribution in [1.82, 2.24) is 19.9 Å². The van der Waals surface area contributed by atoms with Crippen LogP contribution in [-0.2, 0) is 10.0 Å². The zero-order chi connectivity index (χ0) is 15.6. The molecule has 3 N–H and O–H groups in total. The van der Waals surface area contributed by atoms with Crippen molar-refractivity contribution >= 4 is 16.0 Å². The van der Waals surface area contributed by atoms with Gasteiger partial charge in [-0.2, -0.15) is 5.10 Å². The quantitative estimate of drug-likeness (QED) is 0.752. The molecular weight excluding hydrogens is 296 g/mol. The average Bonchev–Trinajstić information content (AvgIpc) is 2.82. The first-order valence-electron chi connectivity index (χ1n) is 6.03. The summed E-state index contributed by atoms with van der Waals surface area (Å²) in [4.78, 5) is 14.6. The van der Waals surface area contributed by atoms with Crippen molar-refractivity contribution in [3.05, 3.63) is 41.5 Å². The van der Waals surface area contributed by atoms with Crippen molar-refractivity contribution in [2.24, 2.45) is 0 Å². The molecule has 0 aliphatic heterocycles. The summed E-state index contributed by atoms with van der Waals surface area (Å²) in [6.07, 6.45) is 3.10. The Morgan fingerprint density at radius 1 is 1.38 bits per heavy atom. The number of sulfonamides is 1. The molecule has 0 aliphatic carbocycles. The molecule has 1 atom stereocenters. The number of aromatic amines is 1. The standard InChI is InChI=1S/C12H14N4O4S/c1-7(9-3-5-13-6-4-9)16-21(19,20)11-8(2)14-15-10(11)12(17)18/h3-7,16H,1-2H3,(H,14,15)(H,17,18). The van der Waals surface area contributed by atoms with Crippen LogP contribution in [0.4, 0.5) is 0 Å². The van der Waals surface area contributed by atoms with E-state index in [1.165, 1.54) is 6.92 Å². The summed E-state index contributed by atoms with van der Waals surface area (Å²) in [6.45, 7) is 3.11. The minimum Gasteiger partial charge on any atom is -0.476 e. The van der Waals surface area contributed by atoms with Crippen LogP contribution in [0.1, 0.15) is 34.7 Å². The van der Waals surface area contributed by atoms with Crippen LogP contribution in [0.2, 0.25) is 0 Å². The Labute approximate surface area is 121 Å². The molecule has 21 heavy (non-hydrogen) atoms. The number of nitrogens with one attached hydrogen (secondary N) is 2. The van der Waals surface area contributed by atoms with Crippen molar-refractivity contribution < 1.29 is 18.3 Å². The fourth-order valence-corrected chi connectivity index (χ4v) is 3.46. The lowest BCUT2D eigenvalue weighted by atomic mass is 10.1. The highest BCUT2D eigenvalue weighted by molar-refractivity contribution is 7.89. The third-order valence-electron chi connectivity index (χ3n) is 2.90. The number of aryl methyl sites for hydroxylation is 1. The van der Waals surface area contributed by atoms with Crippen LogP contribution in [0.3, 0.4) is 0 Å². The normalized spacial score (nSPS) is 13.0. The van der Waals surface area contributed by atoms with Crippen LogP contribution in [0.25, 0.3) is 0 Å². The van der Waals surface area contributed by atoms with E-state index in [1.54, 1.807) is 31.5 Å². The number of carbonyl (C=O) groups is 1. The number of pyridine rings is 1. The van der Waals surface area contributed by atoms with Gasteiger partial charge in [-0.25, -0.2) is 17.9 Å². The van der Waals surface area contributed by atoms with Gasteiger partial charge < -0.3 is 5.11 Å². The summed E-state index contributed by atoms with van der Waals surface area (Å²) in [5.74, 6) is -1.41. The molecule has 0 amide bonds. The smallest absolute Gasteiger partial charge is 0.357 e. The van der Waals surface area contributed by atoms with Crippen molar-refractivity contribution in [1.29, 1.82) is 0 Å². The SMILES string of the molecule is Cc1[nH]nc(C(=O)O)c1S(=O)(=O)NC(C)c1ccncc1. The minimum atomic E-state index is -4.02. The molecule has 0 fully saturated rings. The second-order valence-corrected chi connectivity index (χ2v) is 6.11. The molecule has 0 bridgehead atoms. The molecule has 2 aromatic heterocycles. The maximum atomic E-state index is 12.4. The lowest BCUT2D eigenvalue weighted by Crippen LogP contribution is -2.28. The first-order chi connectivity index (χ1) is 9.83. The molecule has 0 saturated carbocycles. The van der Waals surface area contributed by atoms with Gasteiger partial charge in [-0.3, -0.25) is 10.1 Å². The summed E-state index contributed by atoms with van der Waals surface area (Å²) < 4.78 is 27.2. The predicted octanol–water partition coefficient (Wildman–Crippen LogP) is 0.851. The van der Waals surface area contributed by atoms with E-state index in [9.17, 15) is 13.2 Å². The topological polar surface area (TPSA) is 125 Å². The highest BCUT2D eigenvalue weighted by Crippen LogP contribution is 2.21. The Balaban J connectivity index is 2.36. The Bertz CT molecular complexity index is 755. The molecule has 0 spiro atoms. The number of H-pyrrole nitrogens is 1. The number of hydrogen-bond acceptors (Lipinski definition) is 5. The molecule has 0 radical (unpaired) electrons. The average molecular weight is 310 g/mol. The number of rotatable bonds is 5.